The summed E-state index contributed by atoms with van der Waals surface area (Å²) in [6, 6.07) is 7.57. The molecule has 1 aliphatic rings. The van der Waals surface area contributed by atoms with Crippen molar-refractivity contribution in [1.82, 2.24) is 9.88 Å². The second-order valence-electron chi connectivity index (χ2n) is 5.65. The number of nitrogens with zero attached hydrogens (tertiary/aromatic N) is 2. The number of hydrogen-bond donors (Lipinski definition) is 0. The Kier molecular flexibility index (Phi) is 4.98. The summed E-state index contributed by atoms with van der Waals surface area (Å²) in [5.41, 5.74) is 1.07. The molecule has 1 aliphatic heterocycles. The lowest BCUT2D eigenvalue weighted by Crippen LogP contribution is -2.33. The fourth-order valence-electron chi connectivity index (χ4n) is 2.93. The zero-order valence-electron chi connectivity index (χ0n) is 13.0. The van der Waals surface area contributed by atoms with Crippen LogP contribution in [0.25, 0.3) is 0 Å². The molecule has 3 rings (SSSR count). The number of ether oxygens (including phenoxy) is 1. The minimum Gasteiger partial charge on any atom is -0.443 e. The highest BCUT2D eigenvalue weighted by atomic mass is 35.5. The van der Waals surface area contributed by atoms with Crippen LogP contribution in [-0.4, -0.2) is 36.1 Å². The van der Waals surface area contributed by atoms with Crippen LogP contribution in [0.2, 0.25) is 5.02 Å². The summed E-state index contributed by atoms with van der Waals surface area (Å²) in [7, 11) is 1.53. The normalized spacial score (nSPS) is 17.7. The smallest absolute Gasteiger partial charge is 0.249 e. The monoisotopic (exact) mass is 334 g/mol. The topological polar surface area (TPSA) is 55.6 Å². The van der Waals surface area contributed by atoms with Crippen molar-refractivity contribution < 1.29 is 13.9 Å². The molecular weight excluding hydrogens is 316 g/mol. The Hall–Kier alpha value is -1.85. The van der Waals surface area contributed by atoms with Crippen LogP contribution in [-0.2, 0) is 16.0 Å². The van der Waals surface area contributed by atoms with E-state index in [9.17, 15) is 4.79 Å². The Morgan fingerprint density at radius 2 is 2.39 bits per heavy atom. The first kappa shape index (κ1) is 16.0. The van der Waals surface area contributed by atoms with Gasteiger partial charge in [0.25, 0.3) is 0 Å². The number of amides is 1. The molecule has 0 spiro atoms. The molecule has 2 heterocycles. The summed E-state index contributed by atoms with van der Waals surface area (Å²) >= 11 is 6.00. The summed E-state index contributed by atoms with van der Waals surface area (Å²) in [6.07, 6.45) is 4.18. The third kappa shape index (κ3) is 3.74. The molecule has 0 radical (unpaired) electrons. The van der Waals surface area contributed by atoms with Gasteiger partial charge in [0.05, 0.1) is 6.20 Å². The summed E-state index contributed by atoms with van der Waals surface area (Å²) in [6.45, 7) is 0.811. The van der Waals surface area contributed by atoms with Gasteiger partial charge in [0, 0.05) is 25.1 Å². The molecule has 5 nitrogen and oxygen atoms in total. The number of rotatable bonds is 5. The maximum Gasteiger partial charge on any atom is 0.249 e. The largest absolute Gasteiger partial charge is 0.443 e. The van der Waals surface area contributed by atoms with Gasteiger partial charge in [-0.3, -0.25) is 4.79 Å². The van der Waals surface area contributed by atoms with Crippen LogP contribution in [0.4, 0.5) is 0 Å². The van der Waals surface area contributed by atoms with Crippen LogP contribution >= 0.6 is 11.6 Å². The third-order valence-corrected chi connectivity index (χ3v) is 4.20. The van der Waals surface area contributed by atoms with Crippen LogP contribution in [0.5, 0.6) is 0 Å². The molecule has 23 heavy (non-hydrogen) atoms. The molecule has 1 aromatic heterocycles. The molecule has 1 amide bonds. The maximum absolute atomic E-state index is 12.1. The molecule has 0 unspecified atom stereocenters. The van der Waals surface area contributed by atoms with Gasteiger partial charge in [0.2, 0.25) is 11.8 Å². The number of carbonyl (C=O) groups excluding carboxylic acids is 1. The minimum absolute atomic E-state index is 0.0235. The van der Waals surface area contributed by atoms with E-state index in [2.05, 4.69) is 4.98 Å². The van der Waals surface area contributed by atoms with Gasteiger partial charge in [-0.25, -0.2) is 4.98 Å². The van der Waals surface area contributed by atoms with E-state index in [0.29, 0.717) is 17.3 Å². The second-order valence-corrected chi connectivity index (χ2v) is 6.09. The Morgan fingerprint density at radius 3 is 3.17 bits per heavy atom. The average molecular weight is 335 g/mol. The molecular formula is C17H19ClN2O3. The van der Waals surface area contributed by atoms with Gasteiger partial charge in [-0.15, -0.1) is 0 Å². The van der Waals surface area contributed by atoms with Crippen LogP contribution in [0, 0.1) is 0 Å². The predicted octanol–water partition coefficient (Wildman–Crippen LogP) is 3.23. The molecule has 122 valence electrons. The Balaban J connectivity index is 1.72. The Morgan fingerprint density at radius 1 is 1.52 bits per heavy atom. The number of carbonyl (C=O) groups is 1. The van der Waals surface area contributed by atoms with Gasteiger partial charge in [-0.1, -0.05) is 23.7 Å². The molecule has 1 saturated heterocycles. The Bertz CT molecular complexity index is 686. The van der Waals surface area contributed by atoms with Crippen molar-refractivity contribution in [3.63, 3.8) is 0 Å². The molecule has 2 aromatic rings. The van der Waals surface area contributed by atoms with E-state index in [1.54, 1.807) is 11.1 Å². The van der Waals surface area contributed by atoms with E-state index in [1.165, 1.54) is 7.11 Å². The second kappa shape index (κ2) is 7.15. The van der Waals surface area contributed by atoms with Crippen LogP contribution in [0.1, 0.15) is 36.1 Å². The first-order chi connectivity index (χ1) is 11.2. The molecule has 0 bridgehead atoms. The van der Waals surface area contributed by atoms with Crippen molar-refractivity contribution in [2.24, 2.45) is 0 Å². The third-order valence-electron chi connectivity index (χ3n) is 3.96. The van der Waals surface area contributed by atoms with Gasteiger partial charge in [0.1, 0.15) is 18.4 Å². The highest BCUT2D eigenvalue weighted by Crippen LogP contribution is 2.32. The SMILES string of the molecule is COCC(=O)N1CCC[C@@H]1c1ncc(Cc2cccc(Cl)c2)o1. The van der Waals surface area contributed by atoms with Crippen molar-refractivity contribution in [3.05, 3.63) is 52.7 Å². The van der Waals surface area contributed by atoms with E-state index < -0.39 is 0 Å². The van der Waals surface area contributed by atoms with Crippen molar-refractivity contribution in [2.75, 3.05) is 20.3 Å². The Labute approximate surface area is 140 Å². The number of likely N-dealkylation sites (tertiary alicyclic amines) is 1. The van der Waals surface area contributed by atoms with Crippen LogP contribution in [0.15, 0.2) is 34.9 Å². The van der Waals surface area contributed by atoms with E-state index in [4.69, 9.17) is 20.8 Å². The van der Waals surface area contributed by atoms with Gasteiger partial charge in [-0.05, 0) is 30.5 Å². The first-order valence-corrected chi connectivity index (χ1v) is 8.02. The molecule has 1 atom stereocenters. The summed E-state index contributed by atoms with van der Waals surface area (Å²) in [5, 5.41) is 0.703. The van der Waals surface area contributed by atoms with Crippen molar-refractivity contribution in [1.29, 1.82) is 0 Å². The number of methoxy groups -OCH3 is 1. The number of aromatic nitrogens is 1. The zero-order chi connectivity index (χ0) is 16.2. The summed E-state index contributed by atoms with van der Waals surface area (Å²) < 4.78 is 10.8. The van der Waals surface area contributed by atoms with Gasteiger partial charge in [-0.2, -0.15) is 0 Å². The van der Waals surface area contributed by atoms with E-state index in [-0.39, 0.29) is 18.6 Å². The van der Waals surface area contributed by atoms with Crippen molar-refractivity contribution >= 4 is 17.5 Å². The summed E-state index contributed by atoms with van der Waals surface area (Å²) in [4.78, 5) is 18.2. The van der Waals surface area contributed by atoms with Crippen molar-refractivity contribution in [2.45, 2.75) is 25.3 Å². The van der Waals surface area contributed by atoms with Crippen LogP contribution in [0.3, 0.4) is 0 Å². The highest BCUT2D eigenvalue weighted by molar-refractivity contribution is 6.30. The number of oxazole rings is 1. The average Bonchev–Trinajstić information content (AvgIpc) is 3.16. The fourth-order valence-corrected chi connectivity index (χ4v) is 3.15. The van der Waals surface area contributed by atoms with Gasteiger partial charge < -0.3 is 14.1 Å². The number of benzene rings is 1. The zero-order valence-corrected chi connectivity index (χ0v) is 13.8. The van der Waals surface area contributed by atoms with E-state index in [1.807, 2.05) is 24.3 Å². The molecule has 0 saturated carbocycles. The lowest BCUT2D eigenvalue weighted by molar-refractivity contribution is -0.136. The molecule has 6 heteroatoms. The standard InChI is InChI=1S/C17H19ClN2O3/c1-22-11-16(21)20-7-3-6-15(20)17-19-10-14(23-17)9-12-4-2-5-13(18)8-12/h2,4-5,8,10,15H,3,6-7,9,11H2,1H3/t15-/m1/s1. The lowest BCUT2D eigenvalue weighted by Gasteiger charge is -2.21. The first-order valence-electron chi connectivity index (χ1n) is 7.65. The van der Waals surface area contributed by atoms with Gasteiger partial charge in [0.15, 0.2) is 0 Å². The quantitative estimate of drug-likeness (QED) is 0.842. The van der Waals surface area contributed by atoms with Crippen LogP contribution < -0.4 is 0 Å². The maximum atomic E-state index is 12.1. The number of halogens is 1. The number of hydrogen-bond acceptors (Lipinski definition) is 4. The van der Waals surface area contributed by atoms with Crippen molar-refractivity contribution in [3.8, 4) is 0 Å². The van der Waals surface area contributed by atoms with Gasteiger partial charge >= 0.3 is 0 Å². The lowest BCUT2D eigenvalue weighted by atomic mass is 10.1. The summed E-state index contributed by atoms with van der Waals surface area (Å²) in [5.74, 6) is 1.35. The molecule has 0 N–H and O–H groups in total. The molecule has 1 aromatic carbocycles. The molecule has 1 fully saturated rings. The van der Waals surface area contributed by atoms with E-state index in [0.717, 1.165) is 30.7 Å². The highest BCUT2D eigenvalue weighted by Gasteiger charge is 2.33. The fraction of sp³-hybridized carbons (Fsp3) is 0.412. The predicted molar refractivity (Wildman–Crippen MR) is 86.3 cm³/mol. The minimum atomic E-state index is -0.0919. The molecule has 0 aliphatic carbocycles. The van der Waals surface area contributed by atoms with E-state index >= 15 is 0 Å².